The minimum Gasteiger partial charge on any atom is -0.392 e. The van der Waals surface area contributed by atoms with Crippen molar-refractivity contribution in [3.8, 4) is 0 Å². The maximum atomic E-state index is 9.44. The van der Waals surface area contributed by atoms with Gasteiger partial charge in [0.05, 0.1) is 6.61 Å². The van der Waals surface area contributed by atoms with Crippen molar-refractivity contribution in [3.63, 3.8) is 0 Å². The smallest absolute Gasteiger partial charge is 0.129 e. The lowest BCUT2D eigenvalue weighted by molar-refractivity contribution is 0.281. The van der Waals surface area contributed by atoms with Crippen LogP contribution in [0.25, 0.3) is 0 Å². The first kappa shape index (κ1) is 14.1. The molecule has 0 radical (unpaired) electrons. The molecular weight excluding hydrogens is 236 g/mol. The van der Waals surface area contributed by atoms with Gasteiger partial charge in [0.25, 0.3) is 0 Å². The molecule has 0 saturated heterocycles. The van der Waals surface area contributed by atoms with Gasteiger partial charge in [-0.25, -0.2) is 4.98 Å². The number of hydrogen-bond donors (Lipinski definition) is 1. The summed E-state index contributed by atoms with van der Waals surface area (Å²) in [5.41, 5.74) is 3.38. The predicted molar refractivity (Wildman–Crippen MR) is 79.4 cm³/mol. The minimum atomic E-state index is 0.000596. The number of aliphatic hydroxyl groups excluding tert-OH is 1. The minimum absolute atomic E-state index is 0.000596. The number of pyridine rings is 1. The van der Waals surface area contributed by atoms with E-state index in [1.54, 1.807) is 0 Å². The summed E-state index contributed by atoms with van der Waals surface area (Å²) in [5.74, 6) is 0.990. The maximum absolute atomic E-state index is 9.44. The molecule has 0 fully saturated rings. The highest BCUT2D eigenvalue weighted by Crippen LogP contribution is 2.26. The molecule has 0 aromatic carbocycles. The van der Waals surface area contributed by atoms with E-state index >= 15 is 0 Å². The van der Waals surface area contributed by atoms with Crippen molar-refractivity contribution in [1.82, 2.24) is 4.98 Å². The number of aromatic nitrogens is 1. The first-order valence-electron chi connectivity index (χ1n) is 6.93. The van der Waals surface area contributed by atoms with Gasteiger partial charge in [-0.05, 0) is 31.0 Å². The van der Waals surface area contributed by atoms with Crippen LogP contribution in [0.4, 0.5) is 5.82 Å². The molecule has 0 saturated carbocycles. The van der Waals surface area contributed by atoms with E-state index in [-0.39, 0.29) is 12.0 Å². The largest absolute Gasteiger partial charge is 0.392 e. The summed E-state index contributed by atoms with van der Waals surface area (Å²) in [5, 5.41) is 9.44. The van der Waals surface area contributed by atoms with Crippen LogP contribution >= 0.6 is 0 Å². The second-order valence-corrected chi connectivity index (χ2v) is 6.39. The van der Waals surface area contributed by atoms with Gasteiger partial charge in [-0.1, -0.05) is 32.4 Å². The van der Waals surface area contributed by atoms with E-state index in [1.807, 2.05) is 12.1 Å². The molecule has 19 heavy (non-hydrogen) atoms. The fourth-order valence-electron chi connectivity index (χ4n) is 2.32. The van der Waals surface area contributed by atoms with Crippen molar-refractivity contribution in [3.05, 3.63) is 35.0 Å². The highest BCUT2D eigenvalue weighted by molar-refractivity contribution is 5.46. The number of rotatable bonds is 2. The summed E-state index contributed by atoms with van der Waals surface area (Å²) in [6.45, 7) is 10.6. The fraction of sp³-hybridized carbons (Fsp3) is 0.562. The van der Waals surface area contributed by atoms with Gasteiger partial charge >= 0.3 is 0 Å². The first-order valence-corrected chi connectivity index (χ1v) is 6.93. The Kier molecular flexibility index (Phi) is 3.95. The molecule has 2 heterocycles. The van der Waals surface area contributed by atoms with E-state index in [9.17, 15) is 5.11 Å². The van der Waals surface area contributed by atoms with Crippen LogP contribution in [0, 0.1) is 0 Å². The van der Waals surface area contributed by atoms with Crippen LogP contribution in [0.2, 0.25) is 0 Å². The summed E-state index contributed by atoms with van der Waals surface area (Å²) in [6.07, 6.45) is 3.36. The first-order chi connectivity index (χ1) is 8.90. The van der Waals surface area contributed by atoms with Gasteiger partial charge in [0, 0.05) is 24.2 Å². The molecule has 0 aliphatic carbocycles. The van der Waals surface area contributed by atoms with Crippen LogP contribution in [-0.2, 0) is 12.0 Å². The van der Waals surface area contributed by atoms with Crippen molar-refractivity contribution >= 4 is 5.82 Å². The van der Waals surface area contributed by atoms with E-state index in [4.69, 9.17) is 4.98 Å². The number of nitrogens with zero attached hydrogens (tertiary/aromatic N) is 2. The Morgan fingerprint density at radius 2 is 2.05 bits per heavy atom. The molecule has 104 valence electrons. The molecular formula is C16H24N2O. The zero-order valence-electron chi connectivity index (χ0n) is 12.4. The quantitative estimate of drug-likeness (QED) is 0.830. The second-order valence-electron chi connectivity index (χ2n) is 6.39. The molecule has 0 amide bonds. The maximum Gasteiger partial charge on any atom is 0.129 e. The van der Waals surface area contributed by atoms with Gasteiger partial charge in [-0.2, -0.15) is 0 Å². The van der Waals surface area contributed by atoms with Gasteiger partial charge in [0.15, 0.2) is 0 Å². The predicted octanol–water partition coefficient (Wildman–Crippen LogP) is 3.03. The van der Waals surface area contributed by atoms with Crippen LogP contribution < -0.4 is 4.90 Å². The topological polar surface area (TPSA) is 36.4 Å². The molecule has 1 aromatic rings. The summed E-state index contributed by atoms with van der Waals surface area (Å²) in [7, 11) is 0. The molecule has 3 heteroatoms. The molecule has 0 bridgehead atoms. The number of hydrogen-bond acceptors (Lipinski definition) is 3. The second kappa shape index (κ2) is 5.33. The number of anilines is 1. The molecule has 3 nitrogen and oxygen atoms in total. The Labute approximate surface area is 116 Å². The average molecular weight is 260 g/mol. The van der Waals surface area contributed by atoms with Gasteiger partial charge in [-0.3, -0.25) is 0 Å². The van der Waals surface area contributed by atoms with Crippen molar-refractivity contribution in [2.45, 2.75) is 46.1 Å². The normalized spacial score (nSPS) is 16.5. The van der Waals surface area contributed by atoms with E-state index in [0.29, 0.717) is 0 Å². The standard InChI is InChI=1S/C16H24N2O/c1-12-6-5-7-18(10-12)15-9-13(11-19)8-14(17-15)16(2,3)4/h6,8-9,19H,5,7,10-11H2,1-4H3. The van der Waals surface area contributed by atoms with Crippen LogP contribution in [0.5, 0.6) is 0 Å². The average Bonchev–Trinajstić information content (AvgIpc) is 2.37. The Morgan fingerprint density at radius 1 is 1.32 bits per heavy atom. The molecule has 0 spiro atoms. The number of aliphatic hydroxyl groups is 1. The van der Waals surface area contributed by atoms with E-state index in [0.717, 1.165) is 36.6 Å². The van der Waals surface area contributed by atoms with Crippen LogP contribution in [0.3, 0.4) is 0 Å². The lowest BCUT2D eigenvalue weighted by Gasteiger charge is -2.29. The highest BCUT2D eigenvalue weighted by Gasteiger charge is 2.19. The van der Waals surface area contributed by atoms with Gasteiger partial charge in [0.1, 0.15) is 5.82 Å². The third kappa shape index (κ3) is 3.35. The summed E-state index contributed by atoms with van der Waals surface area (Å²) < 4.78 is 0. The van der Waals surface area contributed by atoms with Crippen molar-refractivity contribution in [2.24, 2.45) is 0 Å². The Balaban J connectivity index is 2.37. The monoisotopic (exact) mass is 260 g/mol. The van der Waals surface area contributed by atoms with Gasteiger partial charge in [0.2, 0.25) is 0 Å². The lowest BCUT2D eigenvalue weighted by Crippen LogP contribution is -2.30. The van der Waals surface area contributed by atoms with Crippen LogP contribution in [-0.4, -0.2) is 23.2 Å². The van der Waals surface area contributed by atoms with Crippen LogP contribution in [0.1, 0.15) is 45.4 Å². The van der Waals surface area contributed by atoms with E-state index in [1.165, 1.54) is 5.57 Å². The van der Waals surface area contributed by atoms with Crippen molar-refractivity contribution in [1.29, 1.82) is 0 Å². The summed E-state index contributed by atoms with van der Waals surface area (Å²) in [4.78, 5) is 7.09. The molecule has 2 rings (SSSR count). The third-order valence-corrected chi connectivity index (χ3v) is 3.48. The highest BCUT2D eigenvalue weighted by atomic mass is 16.3. The molecule has 1 aliphatic heterocycles. The molecule has 0 unspecified atom stereocenters. The summed E-state index contributed by atoms with van der Waals surface area (Å²) >= 11 is 0. The zero-order chi connectivity index (χ0) is 14.0. The zero-order valence-corrected chi connectivity index (χ0v) is 12.4. The lowest BCUT2D eigenvalue weighted by atomic mass is 9.90. The third-order valence-electron chi connectivity index (χ3n) is 3.48. The SMILES string of the molecule is CC1=CCCN(c2cc(CO)cc(C(C)(C)C)n2)C1. The summed E-state index contributed by atoms with van der Waals surface area (Å²) in [6, 6.07) is 4.02. The fourth-order valence-corrected chi connectivity index (χ4v) is 2.32. The van der Waals surface area contributed by atoms with Crippen molar-refractivity contribution < 1.29 is 5.11 Å². The molecule has 1 N–H and O–H groups in total. The van der Waals surface area contributed by atoms with Gasteiger partial charge in [-0.15, -0.1) is 0 Å². The molecule has 1 aliphatic rings. The Morgan fingerprint density at radius 3 is 2.63 bits per heavy atom. The van der Waals surface area contributed by atoms with Crippen molar-refractivity contribution in [2.75, 3.05) is 18.0 Å². The van der Waals surface area contributed by atoms with Gasteiger partial charge < -0.3 is 10.0 Å². The van der Waals surface area contributed by atoms with E-state index < -0.39 is 0 Å². The Hall–Kier alpha value is -1.35. The van der Waals surface area contributed by atoms with Crippen LogP contribution in [0.15, 0.2) is 23.8 Å². The Bertz CT molecular complexity index is 486. The molecule has 1 aromatic heterocycles. The van der Waals surface area contributed by atoms with E-state index in [2.05, 4.69) is 38.7 Å². The molecule has 0 atom stereocenters.